The smallest absolute Gasteiger partial charge is 0.148 e. The first-order valence-corrected chi connectivity index (χ1v) is 23.3. The Bertz CT molecular complexity index is 3650. The maximum Gasteiger partial charge on any atom is 0.148 e. The molecule has 0 atom stereocenters. The van der Waals surface area contributed by atoms with Gasteiger partial charge in [-0.05, 0) is 129 Å². The summed E-state index contributed by atoms with van der Waals surface area (Å²) in [5, 5.41) is 6.07. The largest absolute Gasteiger partial charge is 0.310 e. The Morgan fingerprint density at radius 2 is 0.735 bits per heavy atom. The van der Waals surface area contributed by atoms with Crippen LogP contribution in [0.4, 0.5) is 51.3 Å². The van der Waals surface area contributed by atoms with E-state index in [9.17, 15) is 0 Å². The molecule has 4 nitrogen and oxygen atoms in total. The van der Waals surface area contributed by atoms with Crippen LogP contribution in [0.2, 0.25) is 0 Å². The molecule has 4 heteroatoms. The number of nitrogens with zero attached hydrogens (tertiary/aromatic N) is 4. The zero-order valence-corrected chi connectivity index (χ0v) is 37.2. The van der Waals surface area contributed by atoms with Crippen molar-refractivity contribution in [3.8, 4) is 27.9 Å². The van der Waals surface area contributed by atoms with Crippen LogP contribution in [0.3, 0.4) is 0 Å². The summed E-state index contributed by atoms with van der Waals surface area (Å²) in [6, 6.07) is 96.8. The second-order valence-corrected chi connectivity index (χ2v) is 17.3. The summed E-state index contributed by atoms with van der Waals surface area (Å²) >= 11 is 0. The maximum absolute atomic E-state index is 2.47. The Morgan fingerprint density at radius 1 is 0.309 bits per heavy atom. The van der Waals surface area contributed by atoms with Crippen molar-refractivity contribution in [1.82, 2.24) is 4.57 Å². The average Bonchev–Trinajstić information content (AvgIpc) is 3.76. The molecule has 13 rings (SSSR count). The molecule has 0 spiro atoms. The van der Waals surface area contributed by atoms with E-state index in [1.54, 1.807) is 0 Å². The van der Waals surface area contributed by atoms with Crippen LogP contribution in [0, 0.1) is 0 Å². The van der Waals surface area contributed by atoms with E-state index in [1.807, 2.05) is 0 Å². The standard InChI is InChI=1S/C64H44N4/c1-4-23-49(24-5-1)66-58-33-14-15-34-59(58)67(50-25-6-2-7-26-50)64-63(66)62-60(35-18-36-61(62)68(64)51-27-8-3-9-28-51)65(52-41-37-47(38-42-52)56-31-16-21-45-19-10-12-29-54(45)56)53-43-39-48(40-44-53)57-32-17-22-46-20-11-13-30-55(46)57/h1-44H. The maximum atomic E-state index is 2.47. The summed E-state index contributed by atoms with van der Waals surface area (Å²) in [5.41, 5.74) is 15.6. The molecule has 0 fully saturated rings. The summed E-state index contributed by atoms with van der Waals surface area (Å²) < 4.78 is 2.46. The van der Waals surface area contributed by atoms with Crippen molar-refractivity contribution in [3.05, 3.63) is 267 Å². The molecule has 0 aliphatic carbocycles. The summed E-state index contributed by atoms with van der Waals surface area (Å²) in [7, 11) is 0. The van der Waals surface area contributed by atoms with Crippen LogP contribution in [0.5, 0.6) is 0 Å². The molecular formula is C64H44N4. The second kappa shape index (κ2) is 16.4. The van der Waals surface area contributed by atoms with Crippen LogP contribution in [0.25, 0.3) is 60.4 Å². The third-order valence-corrected chi connectivity index (χ3v) is 13.5. The van der Waals surface area contributed by atoms with Gasteiger partial charge in [0, 0.05) is 28.4 Å². The summed E-state index contributed by atoms with van der Waals surface area (Å²) in [6.07, 6.45) is 0. The number of rotatable bonds is 8. The third-order valence-electron chi connectivity index (χ3n) is 13.5. The molecule has 0 N–H and O–H groups in total. The van der Waals surface area contributed by atoms with Crippen LogP contribution in [-0.2, 0) is 0 Å². The van der Waals surface area contributed by atoms with Crippen molar-refractivity contribution in [3.63, 3.8) is 0 Å². The van der Waals surface area contributed by atoms with Crippen LogP contribution in [0.1, 0.15) is 0 Å². The minimum atomic E-state index is 1.06. The van der Waals surface area contributed by atoms with Gasteiger partial charge >= 0.3 is 0 Å². The summed E-state index contributed by atoms with van der Waals surface area (Å²) in [4.78, 5) is 7.37. The molecule has 2 heterocycles. The van der Waals surface area contributed by atoms with E-state index < -0.39 is 0 Å². The highest BCUT2D eigenvalue weighted by molar-refractivity contribution is 6.18. The number of hydrogen-bond acceptors (Lipinski definition) is 3. The Hall–Kier alpha value is -9.12. The van der Waals surface area contributed by atoms with Crippen molar-refractivity contribution in [2.45, 2.75) is 0 Å². The molecule has 0 bridgehead atoms. The van der Waals surface area contributed by atoms with E-state index >= 15 is 0 Å². The lowest BCUT2D eigenvalue weighted by molar-refractivity contribution is 1.05. The van der Waals surface area contributed by atoms with E-state index in [2.05, 4.69) is 286 Å². The van der Waals surface area contributed by atoms with E-state index in [1.165, 1.54) is 43.8 Å². The van der Waals surface area contributed by atoms with Crippen molar-refractivity contribution in [1.29, 1.82) is 0 Å². The van der Waals surface area contributed by atoms with Gasteiger partial charge < -0.3 is 9.80 Å². The molecule has 1 aliphatic heterocycles. The van der Waals surface area contributed by atoms with Gasteiger partial charge in [-0.2, -0.15) is 0 Å². The highest BCUT2D eigenvalue weighted by Crippen LogP contribution is 2.60. The number of para-hydroxylation sites is 5. The van der Waals surface area contributed by atoms with Crippen molar-refractivity contribution in [2.75, 3.05) is 14.7 Å². The quantitative estimate of drug-likeness (QED) is 0.151. The van der Waals surface area contributed by atoms with Crippen LogP contribution >= 0.6 is 0 Å². The molecule has 1 aromatic heterocycles. The van der Waals surface area contributed by atoms with E-state index in [-0.39, 0.29) is 0 Å². The van der Waals surface area contributed by atoms with E-state index in [0.29, 0.717) is 0 Å². The van der Waals surface area contributed by atoms with Gasteiger partial charge in [-0.1, -0.05) is 182 Å². The number of hydrogen-bond donors (Lipinski definition) is 0. The van der Waals surface area contributed by atoms with E-state index in [4.69, 9.17) is 0 Å². The Labute approximate surface area is 396 Å². The zero-order chi connectivity index (χ0) is 45.0. The predicted molar refractivity (Wildman–Crippen MR) is 287 cm³/mol. The lowest BCUT2D eigenvalue weighted by Gasteiger charge is -2.40. The van der Waals surface area contributed by atoms with Gasteiger partial charge in [0.05, 0.1) is 33.7 Å². The normalized spacial score (nSPS) is 12.1. The number of anilines is 9. The first-order chi connectivity index (χ1) is 33.8. The topological polar surface area (TPSA) is 14.7 Å². The SMILES string of the molecule is c1ccc(N2c3ccccc3N(c3ccccc3)c3c2c2c(N(c4ccc(-c5cccc6ccccc56)cc4)c4ccc(-c5cccc6ccccc56)cc4)cccc2n3-c2ccccc2)cc1. The number of benzene rings is 11. The highest BCUT2D eigenvalue weighted by atomic mass is 15.3. The first kappa shape index (κ1) is 39.3. The second-order valence-electron chi connectivity index (χ2n) is 17.3. The lowest BCUT2D eigenvalue weighted by atomic mass is 9.97. The minimum absolute atomic E-state index is 1.06. The Morgan fingerprint density at radius 3 is 1.28 bits per heavy atom. The molecule has 12 aromatic rings. The minimum Gasteiger partial charge on any atom is -0.310 e. The molecule has 11 aromatic carbocycles. The van der Waals surface area contributed by atoms with E-state index in [0.717, 1.165) is 67.9 Å². The van der Waals surface area contributed by atoms with Gasteiger partial charge in [0.2, 0.25) is 0 Å². The first-order valence-electron chi connectivity index (χ1n) is 23.3. The molecular weight excluding hydrogens is 825 g/mol. The molecule has 320 valence electrons. The molecule has 0 saturated heterocycles. The Balaban J connectivity index is 1.10. The highest BCUT2D eigenvalue weighted by Gasteiger charge is 2.38. The fourth-order valence-electron chi connectivity index (χ4n) is 10.5. The number of aromatic nitrogens is 1. The number of fused-ring (bicyclic) bond motifs is 6. The van der Waals surface area contributed by atoms with Gasteiger partial charge in [0.15, 0.2) is 0 Å². The third kappa shape index (κ3) is 6.45. The predicted octanol–water partition coefficient (Wildman–Crippen LogP) is 18.0. The van der Waals surface area contributed by atoms with Gasteiger partial charge in [0.25, 0.3) is 0 Å². The van der Waals surface area contributed by atoms with Gasteiger partial charge in [-0.25, -0.2) is 0 Å². The Kier molecular flexibility index (Phi) is 9.47. The van der Waals surface area contributed by atoms with Crippen LogP contribution in [0.15, 0.2) is 267 Å². The summed E-state index contributed by atoms with van der Waals surface area (Å²) in [6.45, 7) is 0. The van der Waals surface area contributed by atoms with Gasteiger partial charge in [-0.15, -0.1) is 0 Å². The van der Waals surface area contributed by atoms with Crippen LogP contribution < -0.4 is 14.7 Å². The fraction of sp³-hybridized carbons (Fsp3) is 0. The zero-order valence-electron chi connectivity index (χ0n) is 37.2. The van der Waals surface area contributed by atoms with Gasteiger partial charge in [0.1, 0.15) is 5.82 Å². The van der Waals surface area contributed by atoms with Crippen LogP contribution in [-0.4, -0.2) is 4.57 Å². The average molecular weight is 869 g/mol. The van der Waals surface area contributed by atoms with Crippen molar-refractivity contribution in [2.24, 2.45) is 0 Å². The van der Waals surface area contributed by atoms with Crippen molar-refractivity contribution < 1.29 is 0 Å². The van der Waals surface area contributed by atoms with Crippen molar-refractivity contribution >= 4 is 83.8 Å². The molecule has 0 unspecified atom stereocenters. The monoisotopic (exact) mass is 868 g/mol. The van der Waals surface area contributed by atoms with Gasteiger partial charge in [-0.3, -0.25) is 9.47 Å². The molecule has 0 radical (unpaired) electrons. The molecule has 68 heavy (non-hydrogen) atoms. The lowest BCUT2D eigenvalue weighted by Crippen LogP contribution is -2.25. The molecule has 0 saturated carbocycles. The summed E-state index contributed by atoms with van der Waals surface area (Å²) in [5.74, 6) is 1.06. The fourth-order valence-corrected chi connectivity index (χ4v) is 10.5. The molecule has 0 amide bonds. The molecule has 1 aliphatic rings.